The lowest BCUT2D eigenvalue weighted by Crippen LogP contribution is -2.49. The third-order valence-corrected chi connectivity index (χ3v) is 4.84. The molecular weight excluding hydrogens is 342 g/mol. The van der Waals surface area contributed by atoms with E-state index < -0.39 is 0 Å². The molecule has 1 amide bonds. The SMILES string of the molecule is COc1ccc2nc(C)c(C(=O)N3CCN(c4ncccn4)CC3)cc2c1. The van der Waals surface area contributed by atoms with Crippen molar-refractivity contribution in [3.8, 4) is 5.75 Å². The second-order valence-corrected chi connectivity index (χ2v) is 6.51. The largest absolute Gasteiger partial charge is 0.497 e. The number of ether oxygens (including phenoxy) is 1. The number of hydrogen-bond donors (Lipinski definition) is 0. The maximum absolute atomic E-state index is 13.1. The number of carbonyl (C=O) groups is 1. The third kappa shape index (κ3) is 3.40. The molecule has 0 atom stereocenters. The number of piperazine rings is 1. The van der Waals surface area contributed by atoms with Gasteiger partial charge >= 0.3 is 0 Å². The highest BCUT2D eigenvalue weighted by atomic mass is 16.5. The lowest BCUT2D eigenvalue weighted by atomic mass is 10.1. The van der Waals surface area contributed by atoms with Crippen molar-refractivity contribution in [1.82, 2.24) is 19.9 Å². The van der Waals surface area contributed by atoms with Gasteiger partial charge in [0.2, 0.25) is 5.95 Å². The summed E-state index contributed by atoms with van der Waals surface area (Å²) in [6.07, 6.45) is 3.47. The van der Waals surface area contributed by atoms with Gasteiger partial charge in [-0.2, -0.15) is 0 Å². The molecule has 0 unspecified atom stereocenters. The normalized spacial score (nSPS) is 14.4. The Morgan fingerprint density at radius 3 is 2.52 bits per heavy atom. The smallest absolute Gasteiger partial charge is 0.255 e. The van der Waals surface area contributed by atoms with Crippen LogP contribution in [0.2, 0.25) is 0 Å². The van der Waals surface area contributed by atoms with Crippen LogP contribution in [-0.2, 0) is 0 Å². The highest BCUT2D eigenvalue weighted by Crippen LogP contribution is 2.23. The fourth-order valence-corrected chi connectivity index (χ4v) is 3.33. The van der Waals surface area contributed by atoms with Crippen LogP contribution in [0.3, 0.4) is 0 Å². The van der Waals surface area contributed by atoms with Gasteiger partial charge in [-0.15, -0.1) is 0 Å². The first kappa shape index (κ1) is 17.2. The Kier molecular flexibility index (Phi) is 4.58. The van der Waals surface area contributed by atoms with E-state index in [2.05, 4.69) is 19.9 Å². The monoisotopic (exact) mass is 363 g/mol. The van der Waals surface area contributed by atoms with Crippen molar-refractivity contribution in [2.75, 3.05) is 38.2 Å². The van der Waals surface area contributed by atoms with E-state index in [1.54, 1.807) is 25.6 Å². The van der Waals surface area contributed by atoms with Crippen LogP contribution in [-0.4, -0.2) is 59.0 Å². The molecule has 3 aromatic rings. The van der Waals surface area contributed by atoms with Crippen molar-refractivity contribution >= 4 is 22.8 Å². The standard InChI is InChI=1S/C20H21N5O2/c1-14-17(13-15-12-16(27-2)4-5-18(15)23-14)19(26)24-8-10-25(11-9-24)20-21-6-3-7-22-20/h3-7,12-13H,8-11H2,1-2H3. The van der Waals surface area contributed by atoms with Gasteiger partial charge in [0, 0.05) is 44.0 Å². The second kappa shape index (κ2) is 7.19. The molecule has 27 heavy (non-hydrogen) atoms. The third-order valence-electron chi connectivity index (χ3n) is 4.84. The van der Waals surface area contributed by atoms with Crippen molar-refractivity contribution in [1.29, 1.82) is 0 Å². The maximum atomic E-state index is 13.1. The van der Waals surface area contributed by atoms with Gasteiger partial charge in [-0.05, 0) is 37.3 Å². The highest BCUT2D eigenvalue weighted by molar-refractivity contribution is 5.99. The molecule has 1 saturated heterocycles. The number of pyridine rings is 1. The predicted molar refractivity (Wildman–Crippen MR) is 103 cm³/mol. The molecule has 138 valence electrons. The molecule has 1 aliphatic heterocycles. The first-order chi connectivity index (χ1) is 13.2. The maximum Gasteiger partial charge on any atom is 0.255 e. The van der Waals surface area contributed by atoms with E-state index in [4.69, 9.17) is 4.74 Å². The molecule has 0 bridgehead atoms. The number of methoxy groups -OCH3 is 1. The van der Waals surface area contributed by atoms with Gasteiger partial charge < -0.3 is 14.5 Å². The summed E-state index contributed by atoms with van der Waals surface area (Å²) in [5, 5.41) is 0.902. The Morgan fingerprint density at radius 2 is 1.81 bits per heavy atom. The molecule has 2 aromatic heterocycles. The van der Waals surface area contributed by atoms with E-state index in [0.717, 1.165) is 22.3 Å². The van der Waals surface area contributed by atoms with E-state index >= 15 is 0 Å². The number of anilines is 1. The molecule has 3 heterocycles. The number of benzene rings is 1. The summed E-state index contributed by atoms with van der Waals surface area (Å²) in [4.78, 5) is 30.2. The van der Waals surface area contributed by atoms with Crippen molar-refractivity contribution < 1.29 is 9.53 Å². The zero-order valence-corrected chi connectivity index (χ0v) is 15.4. The minimum absolute atomic E-state index is 0.0124. The van der Waals surface area contributed by atoms with Gasteiger partial charge in [0.1, 0.15) is 5.75 Å². The predicted octanol–water partition coefficient (Wildman–Crippen LogP) is 2.30. The zero-order valence-electron chi connectivity index (χ0n) is 15.4. The first-order valence-electron chi connectivity index (χ1n) is 8.92. The Morgan fingerprint density at radius 1 is 1.07 bits per heavy atom. The molecule has 7 nitrogen and oxygen atoms in total. The van der Waals surface area contributed by atoms with Gasteiger partial charge in [0.05, 0.1) is 23.9 Å². The average molecular weight is 363 g/mol. The molecule has 0 N–H and O–H groups in total. The Balaban J connectivity index is 1.53. The van der Waals surface area contributed by atoms with Crippen LogP contribution in [0.25, 0.3) is 10.9 Å². The van der Waals surface area contributed by atoms with Crippen LogP contribution in [0.4, 0.5) is 5.95 Å². The van der Waals surface area contributed by atoms with Crippen LogP contribution in [0, 0.1) is 6.92 Å². The van der Waals surface area contributed by atoms with Gasteiger partial charge in [-0.25, -0.2) is 9.97 Å². The summed E-state index contributed by atoms with van der Waals surface area (Å²) in [6.45, 7) is 4.57. The fourth-order valence-electron chi connectivity index (χ4n) is 3.33. The van der Waals surface area contributed by atoms with Crippen molar-refractivity contribution in [2.45, 2.75) is 6.92 Å². The van der Waals surface area contributed by atoms with Gasteiger partial charge in [0.15, 0.2) is 0 Å². The molecule has 4 rings (SSSR count). The molecule has 1 fully saturated rings. The van der Waals surface area contributed by atoms with Crippen molar-refractivity contribution in [3.63, 3.8) is 0 Å². The molecule has 0 aliphatic carbocycles. The van der Waals surface area contributed by atoms with E-state index in [-0.39, 0.29) is 5.91 Å². The van der Waals surface area contributed by atoms with Gasteiger partial charge in [-0.3, -0.25) is 9.78 Å². The summed E-state index contributed by atoms with van der Waals surface area (Å²) in [6, 6.07) is 9.40. The highest BCUT2D eigenvalue weighted by Gasteiger charge is 2.25. The molecule has 1 aromatic carbocycles. The molecule has 0 saturated carbocycles. The molecule has 0 spiro atoms. The van der Waals surface area contributed by atoms with E-state index in [1.807, 2.05) is 36.1 Å². The summed E-state index contributed by atoms with van der Waals surface area (Å²) in [7, 11) is 1.63. The zero-order chi connectivity index (χ0) is 18.8. The number of hydrogen-bond acceptors (Lipinski definition) is 6. The lowest BCUT2D eigenvalue weighted by Gasteiger charge is -2.34. The minimum Gasteiger partial charge on any atom is -0.497 e. The van der Waals surface area contributed by atoms with Gasteiger partial charge in [-0.1, -0.05) is 0 Å². The van der Waals surface area contributed by atoms with Crippen LogP contribution in [0.5, 0.6) is 5.75 Å². The number of aromatic nitrogens is 3. The van der Waals surface area contributed by atoms with E-state index in [9.17, 15) is 4.79 Å². The van der Waals surface area contributed by atoms with Gasteiger partial charge in [0.25, 0.3) is 5.91 Å². The number of nitrogens with zero attached hydrogens (tertiary/aromatic N) is 5. The Bertz CT molecular complexity index is 969. The molecule has 0 radical (unpaired) electrons. The van der Waals surface area contributed by atoms with E-state index in [0.29, 0.717) is 37.7 Å². The number of amides is 1. The first-order valence-corrected chi connectivity index (χ1v) is 8.92. The van der Waals surface area contributed by atoms with Crippen LogP contribution in [0.15, 0.2) is 42.7 Å². The Labute approximate surface area is 157 Å². The summed E-state index contributed by atoms with van der Waals surface area (Å²) >= 11 is 0. The summed E-state index contributed by atoms with van der Waals surface area (Å²) in [5.41, 5.74) is 2.24. The van der Waals surface area contributed by atoms with E-state index in [1.165, 1.54) is 0 Å². The van der Waals surface area contributed by atoms with Crippen molar-refractivity contribution in [3.05, 3.63) is 54.0 Å². The topological polar surface area (TPSA) is 71.5 Å². The number of fused-ring (bicyclic) bond motifs is 1. The average Bonchev–Trinajstić information content (AvgIpc) is 2.73. The van der Waals surface area contributed by atoms with Crippen molar-refractivity contribution in [2.24, 2.45) is 0 Å². The lowest BCUT2D eigenvalue weighted by molar-refractivity contribution is 0.0745. The summed E-state index contributed by atoms with van der Waals surface area (Å²) in [5.74, 6) is 1.47. The number of rotatable bonds is 3. The minimum atomic E-state index is 0.0124. The quantitative estimate of drug-likeness (QED) is 0.711. The fraction of sp³-hybridized carbons (Fsp3) is 0.300. The van der Waals surface area contributed by atoms with Crippen LogP contribution >= 0.6 is 0 Å². The molecule has 7 heteroatoms. The summed E-state index contributed by atoms with van der Waals surface area (Å²) < 4.78 is 5.28. The molecular formula is C20H21N5O2. The van der Waals surface area contributed by atoms with Crippen LogP contribution in [0.1, 0.15) is 16.1 Å². The number of carbonyl (C=O) groups excluding carboxylic acids is 1. The Hall–Kier alpha value is -3.22. The molecule has 1 aliphatic rings. The van der Waals surface area contributed by atoms with Crippen LogP contribution < -0.4 is 9.64 Å². The second-order valence-electron chi connectivity index (χ2n) is 6.51. The number of aryl methyl sites for hydroxylation is 1.